The summed E-state index contributed by atoms with van der Waals surface area (Å²) in [7, 11) is -7.42. The van der Waals surface area contributed by atoms with Crippen molar-refractivity contribution in [2.24, 2.45) is 5.92 Å². The Balaban J connectivity index is 2.14. The third-order valence-electron chi connectivity index (χ3n) is 3.79. The third-order valence-corrected chi connectivity index (χ3v) is 7.14. The summed E-state index contributed by atoms with van der Waals surface area (Å²) in [6.07, 6.45) is 1.29. The van der Waals surface area contributed by atoms with Crippen molar-refractivity contribution < 1.29 is 21.2 Å². The zero-order valence-corrected chi connectivity index (χ0v) is 15.2. The van der Waals surface area contributed by atoms with Crippen LogP contribution in [0.25, 0.3) is 0 Å². The van der Waals surface area contributed by atoms with Gasteiger partial charge in [-0.25, -0.2) is 25.9 Å². The molecule has 1 atom stereocenters. The standard InChI is InChI=1S/C14H18ClFN2O4S2/c1-2-23(19,20)17-9-11-4-3-7-18(10-11)24(21,22)14-6-5-12(16)8-13(14)15/h2,5-6,8,11,17H,1,3-4,7,9-10H2/t11-/m1/s1. The van der Waals surface area contributed by atoms with Crippen LogP contribution < -0.4 is 4.72 Å². The van der Waals surface area contributed by atoms with E-state index in [0.717, 1.165) is 23.6 Å². The van der Waals surface area contributed by atoms with Gasteiger partial charge in [0.15, 0.2) is 0 Å². The van der Waals surface area contributed by atoms with Crippen LogP contribution in [0.1, 0.15) is 12.8 Å². The van der Waals surface area contributed by atoms with Crippen molar-refractivity contribution >= 4 is 31.6 Å². The fourth-order valence-corrected chi connectivity index (χ4v) is 5.17. The van der Waals surface area contributed by atoms with E-state index < -0.39 is 25.9 Å². The quantitative estimate of drug-likeness (QED) is 0.796. The number of hydrogen-bond acceptors (Lipinski definition) is 4. The van der Waals surface area contributed by atoms with E-state index in [1.165, 1.54) is 4.31 Å². The van der Waals surface area contributed by atoms with Gasteiger partial charge < -0.3 is 0 Å². The third kappa shape index (κ3) is 4.54. The van der Waals surface area contributed by atoms with Gasteiger partial charge >= 0.3 is 0 Å². The van der Waals surface area contributed by atoms with E-state index in [2.05, 4.69) is 11.3 Å². The molecule has 0 amide bonds. The number of benzene rings is 1. The van der Waals surface area contributed by atoms with Crippen LogP contribution in [-0.2, 0) is 20.0 Å². The van der Waals surface area contributed by atoms with Crippen LogP contribution in [0.5, 0.6) is 0 Å². The van der Waals surface area contributed by atoms with Gasteiger partial charge in [-0.1, -0.05) is 18.2 Å². The van der Waals surface area contributed by atoms with Crippen LogP contribution >= 0.6 is 11.6 Å². The molecule has 1 aromatic rings. The molecule has 1 aromatic carbocycles. The molecule has 0 unspecified atom stereocenters. The highest BCUT2D eigenvalue weighted by Gasteiger charge is 2.32. The zero-order chi connectivity index (χ0) is 18.0. The molecule has 10 heteroatoms. The van der Waals surface area contributed by atoms with E-state index in [4.69, 9.17) is 11.6 Å². The molecule has 1 fully saturated rings. The van der Waals surface area contributed by atoms with Crippen LogP contribution in [0.15, 0.2) is 35.1 Å². The summed E-state index contributed by atoms with van der Waals surface area (Å²) < 4.78 is 64.9. The molecule has 1 N–H and O–H groups in total. The highest BCUT2D eigenvalue weighted by Crippen LogP contribution is 2.28. The average molecular weight is 397 g/mol. The van der Waals surface area contributed by atoms with Gasteiger partial charge in [0, 0.05) is 25.0 Å². The zero-order valence-electron chi connectivity index (χ0n) is 12.8. The molecule has 0 spiro atoms. The minimum Gasteiger partial charge on any atom is -0.211 e. The highest BCUT2D eigenvalue weighted by atomic mass is 35.5. The Morgan fingerprint density at radius 3 is 2.71 bits per heavy atom. The summed E-state index contributed by atoms with van der Waals surface area (Å²) in [5.41, 5.74) is 0. The highest BCUT2D eigenvalue weighted by molar-refractivity contribution is 7.92. The van der Waals surface area contributed by atoms with E-state index in [-0.39, 0.29) is 28.9 Å². The van der Waals surface area contributed by atoms with Gasteiger partial charge in [-0.05, 0) is 37.0 Å². The summed E-state index contributed by atoms with van der Waals surface area (Å²) in [5, 5.41) is 0.632. The van der Waals surface area contributed by atoms with Crippen molar-refractivity contribution in [1.29, 1.82) is 0 Å². The van der Waals surface area contributed by atoms with E-state index in [1.807, 2.05) is 0 Å². The van der Waals surface area contributed by atoms with Crippen LogP contribution in [0, 0.1) is 11.7 Å². The second-order valence-electron chi connectivity index (χ2n) is 5.51. The van der Waals surface area contributed by atoms with Gasteiger partial charge in [0.1, 0.15) is 10.7 Å². The lowest BCUT2D eigenvalue weighted by molar-refractivity contribution is 0.267. The van der Waals surface area contributed by atoms with Crippen molar-refractivity contribution in [2.75, 3.05) is 19.6 Å². The van der Waals surface area contributed by atoms with Crippen molar-refractivity contribution in [3.8, 4) is 0 Å². The van der Waals surface area contributed by atoms with E-state index in [0.29, 0.717) is 19.4 Å². The van der Waals surface area contributed by atoms with Gasteiger partial charge in [-0.2, -0.15) is 4.31 Å². The van der Waals surface area contributed by atoms with Crippen LogP contribution in [0.3, 0.4) is 0 Å². The first-order valence-corrected chi connectivity index (χ1v) is 10.6. The molecular weight excluding hydrogens is 379 g/mol. The SMILES string of the molecule is C=CS(=O)(=O)NC[C@H]1CCCN(S(=O)(=O)c2ccc(F)cc2Cl)C1. The monoisotopic (exact) mass is 396 g/mol. The molecule has 1 aliphatic heterocycles. The Kier molecular flexibility index (Phi) is 6.03. The predicted molar refractivity (Wildman–Crippen MR) is 90.0 cm³/mol. The molecule has 1 saturated heterocycles. The Labute approximate surface area is 146 Å². The summed E-state index contributed by atoms with van der Waals surface area (Å²) in [6.45, 7) is 3.80. The lowest BCUT2D eigenvalue weighted by atomic mass is 10.0. The number of nitrogens with zero attached hydrogens (tertiary/aromatic N) is 1. The minimum absolute atomic E-state index is 0.123. The minimum atomic E-state index is -3.86. The first-order chi connectivity index (χ1) is 11.2. The van der Waals surface area contributed by atoms with Gasteiger partial charge in [0.05, 0.1) is 5.02 Å². The number of nitrogens with one attached hydrogen (secondary N) is 1. The second kappa shape index (κ2) is 7.49. The number of halogens is 2. The van der Waals surface area contributed by atoms with Crippen LogP contribution in [0.2, 0.25) is 5.02 Å². The second-order valence-corrected chi connectivity index (χ2v) is 9.53. The Morgan fingerprint density at radius 1 is 1.38 bits per heavy atom. The molecule has 0 bridgehead atoms. The first-order valence-electron chi connectivity index (χ1n) is 7.23. The Bertz CT molecular complexity index is 827. The topological polar surface area (TPSA) is 83.6 Å². The number of sulfonamides is 2. The van der Waals surface area contributed by atoms with E-state index >= 15 is 0 Å². The largest absolute Gasteiger partial charge is 0.244 e. The van der Waals surface area contributed by atoms with Gasteiger partial charge in [0.25, 0.3) is 0 Å². The van der Waals surface area contributed by atoms with Gasteiger partial charge in [0.2, 0.25) is 20.0 Å². The maximum absolute atomic E-state index is 13.1. The maximum Gasteiger partial charge on any atom is 0.244 e. The number of piperidine rings is 1. The van der Waals surface area contributed by atoms with Crippen molar-refractivity contribution in [3.63, 3.8) is 0 Å². The van der Waals surface area contributed by atoms with Crippen molar-refractivity contribution in [3.05, 3.63) is 41.0 Å². The number of hydrogen-bond donors (Lipinski definition) is 1. The van der Waals surface area contributed by atoms with Crippen LogP contribution in [0.4, 0.5) is 4.39 Å². The summed E-state index contributed by atoms with van der Waals surface area (Å²) in [6, 6.07) is 3.13. The molecular formula is C14H18ClFN2O4S2. The Morgan fingerprint density at radius 2 is 2.08 bits per heavy atom. The van der Waals surface area contributed by atoms with Crippen molar-refractivity contribution in [2.45, 2.75) is 17.7 Å². The molecule has 0 aliphatic carbocycles. The Hall–Kier alpha value is -1.00. The summed E-state index contributed by atoms with van der Waals surface area (Å²) >= 11 is 5.86. The van der Waals surface area contributed by atoms with Gasteiger partial charge in [-0.3, -0.25) is 0 Å². The average Bonchev–Trinajstić information content (AvgIpc) is 2.53. The molecule has 6 nitrogen and oxygen atoms in total. The van der Waals surface area contributed by atoms with E-state index in [1.54, 1.807) is 0 Å². The fraction of sp³-hybridized carbons (Fsp3) is 0.429. The van der Waals surface area contributed by atoms with Crippen LogP contribution in [-0.4, -0.2) is 40.8 Å². The maximum atomic E-state index is 13.1. The molecule has 0 saturated carbocycles. The molecule has 2 rings (SSSR count). The first kappa shape index (κ1) is 19.3. The molecule has 24 heavy (non-hydrogen) atoms. The summed E-state index contributed by atoms with van der Waals surface area (Å²) in [5.74, 6) is -0.781. The normalized spacial score (nSPS) is 20.0. The fourth-order valence-electron chi connectivity index (χ4n) is 2.53. The number of rotatable bonds is 6. The molecule has 1 heterocycles. The summed E-state index contributed by atoms with van der Waals surface area (Å²) in [4.78, 5) is -0.155. The smallest absolute Gasteiger partial charge is 0.211 e. The molecule has 0 radical (unpaired) electrons. The van der Waals surface area contributed by atoms with Gasteiger partial charge in [-0.15, -0.1) is 0 Å². The van der Waals surface area contributed by atoms with E-state index in [9.17, 15) is 21.2 Å². The molecule has 0 aromatic heterocycles. The molecule has 1 aliphatic rings. The predicted octanol–water partition coefficient (Wildman–Crippen LogP) is 1.94. The van der Waals surface area contributed by atoms with Crippen molar-refractivity contribution in [1.82, 2.24) is 9.03 Å². The lowest BCUT2D eigenvalue weighted by Gasteiger charge is -2.32. The lowest BCUT2D eigenvalue weighted by Crippen LogP contribution is -2.43. The molecule has 134 valence electrons.